The summed E-state index contributed by atoms with van der Waals surface area (Å²) in [5.41, 5.74) is 1.99. The third-order valence-electron chi connectivity index (χ3n) is 3.75. The SMILES string of the molecule is Cc1cc(CNC2CCC(C)(C)C2)sc1C. The molecule has 0 saturated heterocycles. The van der Waals surface area contributed by atoms with E-state index in [2.05, 4.69) is 39.1 Å². The van der Waals surface area contributed by atoms with E-state index in [0.717, 1.165) is 12.6 Å². The molecule has 1 aliphatic carbocycles. The van der Waals surface area contributed by atoms with Crippen LogP contribution in [0.4, 0.5) is 0 Å². The lowest BCUT2D eigenvalue weighted by atomic mass is 9.92. The van der Waals surface area contributed by atoms with Gasteiger partial charge < -0.3 is 5.32 Å². The Kier molecular flexibility index (Phi) is 3.41. The molecule has 1 atom stereocenters. The van der Waals surface area contributed by atoms with Crippen LogP contribution in [0.25, 0.3) is 0 Å². The highest BCUT2D eigenvalue weighted by Crippen LogP contribution is 2.37. The molecular formula is C14H23NS. The summed E-state index contributed by atoms with van der Waals surface area (Å²) in [6.45, 7) is 10.2. The Morgan fingerprint density at radius 2 is 2.19 bits per heavy atom. The van der Waals surface area contributed by atoms with Crippen molar-refractivity contribution in [2.24, 2.45) is 5.41 Å². The molecule has 1 fully saturated rings. The lowest BCUT2D eigenvalue weighted by Crippen LogP contribution is -2.26. The second-order valence-corrected chi connectivity index (χ2v) is 7.28. The van der Waals surface area contributed by atoms with E-state index in [4.69, 9.17) is 0 Å². The molecule has 0 amide bonds. The van der Waals surface area contributed by atoms with Gasteiger partial charge >= 0.3 is 0 Å². The molecule has 0 radical (unpaired) electrons. The van der Waals surface area contributed by atoms with Gasteiger partial charge in [0.2, 0.25) is 0 Å². The van der Waals surface area contributed by atoms with Gasteiger partial charge in [-0.2, -0.15) is 0 Å². The van der Waals surface area contributed by atoms with Crippen molar-refractivity contribution in [2.45, 2.75) is 59.5 Å². The van der Waals surface area contributed by atoms with E-state index in [9.17, 15) is 0 Å². The fraction of sp³-hybridized carbons (Fsp3) is 0.714. The van der Waals surface area contributed by atoms with E-state index >= 15 is 0 Å². The molecule has 0 aromatic carbocycles. The van der Waals surface area contributed by atoms with Gasteiger partial charge in [-0.05, 0) is 50.2 Å². The Balaban J connectivity index is 1.84. The van der Waals surface area contributed by atoms with E-state index in [1.54, 1.807) is 0 Å². The van der Waals surface area contributed by atoms with Crippen LogP contribution >= 0.6 is 11.3 Å². The summed E-state index contributed by atoms with van der Waals surface area (Å²) < 4.78 is 0. The van der Waals surface area contributed by atoms with Crippen molar-refractivity contribution < 1.29 is 0 Å². The molecule has 16 heavy (non-hydrogen) atoms. The van der Waals surface area contributed by atoms with Crippen molar-refractivity contribution >= 4 is 11.3 Å². The van der Waals surface area contributed by atoms with Crippen LogP contribution in [0, 0.1) is 19.3 Å². The molecule has 1 aromatic rings. The van der Waals surface area contributed by atoms with Gasteiger partial charge in [-0.3, -0.25) is 0 Å². The van der Waals surface area contributed by atoms with E-state index in [0.29, 0.717) is 5.41 Å². The number of hydrogen-bond acceptors (Lipinski definition) is 2. The van der Waals surface area contributed by atoms with Gasteiger partial charge in [0.05, 0.1) is 0 Å². The number of nitrogens with one attached hydrogen (secondary N) is 1. The number of aryl methyl sites for hydroxylation is 2. The molecule has 0 spiro atoms. The van der Waals surface area contributed by atoms with Crippen molar-refractivity contribution in [1.29, 1.82) is 0 Å². The van der Waals surface area contributed by atoms with Crippen molar-refractivity contribution in [3.05, 3.63) is 21.4 Å². The van der Waals surface area contributed by atoms with Gasteiger partial charge in [-0.15, -0.1) is 11.3 Å². The number of hydrogen-bond donors (Lipinski definition) is 1. The second kappa shape index (κ2) is 4.50. The summed E-state index contributed by atoms with van der Waals surface area (Å²) in [6, 6.07) is 3.06. The number of rotatable bonds is 3. The Morgan fingerprint density at radius 1 is 1.44 bits per heavy atom. The van der Waals surface area contributed by atoms with Crippen molar-refractivity contribution in [2.75, 3.05) is 0 Å². The normalized spacial score (nSPS) is 23.9. The zero-order valence-electron chi connectivity index (χ0n) is 10.9. The fourth-order valence-electron chi connectivity index (χ4n) is 2.59. The highest BCUT2D eigenvalue weighted by Gasteiger charge is 2.30. The molecule has 2 heteroatoms. The van der Waals surface area contributed by atoms with Crippen molar-refractivity contribution in [3.63, 3.8) is 0 Å². The molecule has 2 rings (SSSR count). The summed E-state index contributed by atoms with van der Waals surface area (Å²) in [4.78, 5) is 2.95. The minimum absolute atomic E-state index is 0.555. The molecule has 1 nitrogen and oxygen atoms in total. The van der Waals surface area contributed by atoms with Crippen LogP contribution in [0.2, 0.25) is 0 Å². The van der Waals surface area contributed by atoms with E-state index < -0.39 is 0 Å². The van der Waals surface area contributed by atoms with E-state index in [-0.39, 0.29) is 0 Å². The Morgan fingerprint density at radius 3 is 2.69 bits per heavy atom. The lowest BCUT2D eigenvalue weighted by Gasteiger charge is -2.17. The molecule has 1 unspecified atom stereocenters. The predicted molar refractivity (Wildman–Crippen MR) is 72.1 cm³/mol. The Hall–Kier alpha value is -0.340. The van der Waals surface area contributed by atoms with Gasteiger partial charge in [0.15, 0.2) is 0 Å². The maximum absolute atomic E-state index is 3.70. The maximum Gasteiger partial charge on any atom is 0.0302 e. The summed E-state index contributed by atoms with van der Waals surface area (Å²) in [5.74, 6) is 0. The van der Waals surface area contributed by atoms with Gasteiger partial charge in [0, 0.05) is 22.3 Å². The lowest BCUT2D eigenvalue weighted by molar-refractivity contribution is 0.364. The molecule has 1 aromatic heterocycles. The predicted octanol–water partition coefficient (Wildman–Crippen LogP) is 4.03. The third-order valence-corrected chi connectivity index (χ3v) is 4.90. The summed E-state index contributed by atoms with van der Waals surface area (Å²) in [7, 11) is 0. The topological polar surface area (TPSA) is 12.0 Å². The molecule has 1 N–H and O–H groups in total. The molecular weight excluding hydrogens is 214 g/mol. The third kappa shape index (κ3) is 2.86. The summed E-state index contributed by atoms with van der Waals surface area (Å²) >= 11 is 1.94. The summed E-state index contributed by atoms with van der Waals surface area (Å²) in [5, 5.41) is 3.70. The first-order valence-corrected chi connectivity index (χ1v) is 7.07. The van der Waals surface area contributed by atoms with Crippen LogP contribution in [0.1, 0.15) is 48.4 Å². The van der Waals surface area contributed by atoms with Crippen LogP contribution in [-0.2, 0) is 6.54 Å². The monoisotopic (exact) mass is 237 g/mol. The van der Waals surface area contributed by atoms with Gasteiger partial charge in [0.1, 0.15) is 0 Å². The molecule has 90 valence electrons. The first-order valence-electron chi connectivity index (χ1n) is 6.25. The van der Waals surface area contributed by atoms with Crippen molar-refractivity contribution in [1.82, 2.24) is 5.32 Å². The average Bonchev–Trinajstić information content (AvgIpc) is 2.68. The van der Waals surface area contributed by atoms with E-state index in [1.807, 2.05) is 11.3 Å². The van der Waals surface area contributed by atoms with Crippen LogP contribution in [0.5, 0.6) is 0 Å². The summed E-state index contributed by atoms with van der Waals surface area (Å²) in [6.07, 6.45) is 4.04. The van der Waals surface area contributed by atoms with Crippen LogP contribution in [0.15, 0.2) is 6.07 Å². The average molecular weight is 237 g/mol. The van der Waals surface area contributed by atoms with Crippen LogP contribution < -0.4 is 5.32 Å². The van der Waals surface area contributed by atoms with E-state index in [1.165, 1.54) is 34.6 Å². The molecule has 1 aliphatic rings. The smallest absolute Gasteiger partial charge is 0.0302 e. The van der Waals surface area contributed by atoms with Crippen LogP contribution in [-0.4, -0.2) is 6.04 Å². The minimum Gasteiger partial charge on any atom is -0.309 e. The molecule has 1 heterocycles. The highest BCUT2D eigenvalue weighted by atomic mass is 32.1. The van der Waals surface area contributed by atoms with Crippen LogP contribution in [0.3, 0.4) is 0 Å². The van der Waals surface area contributed by atoms with Gasteiger partial charge in [0.25, 0.3) is 0 Å². The first kappa shape index (κ1) is 12.1. The maximum atomic E-state index is 3.70. The first-order chi connectivity index (χ1) is 7.46. The molecule has 0 bridgehead atoms. The largest absolute Gasteiger partial charge is 0.309 e. The Bertz CT molecular complexity index is 345. The zero-order chi connectivity index (χ0) is 11.8. The second-order valence-electron chi connectivity index (χ2n) is 5.94. The zero-order valence-corrected chi connectivity index (χ0v) is 11.7. The Labute approximate surface area is 103 Å². The highest BCUT2D eigenvalue weighted by molar-refractivity contribution is 7.12. The standard InChI is InChI=1S/C14H23NS/c1-10-7-13(16-11(10)2)9-15-12-5-6-14(3,4)8-12/h7,12,15H,5-6,8-9H2,1-4H3. The quantitative estimate of drug-likeness (QED) is 0.837. The fourth-order valence-corrected chi connectivity index (χ4v) is 3.60. The van der Waals surface area contributed by atoms with Gasteiger partial charge in [-0.1, -0.05) is 13.8 Å². The molecule has 1 saturated carbocycles. The molecule has 0 aliphatic heterocycles. The number of thiophene rings is 1. The minimum atomic E-state index is 0.555. The van der Waals surface area contributed by atoms with Crippen molar-refractivity contribution in [3.8, 4) is 0 Å². The van der Waals surface area contributed by atoms with Gasteiger partial charge in [-0.25, -0.2) is 0 Å².